The van der Waals surface area contributed by atoms with Gasteiger partial charge in [-0.15, -0.1) is 0 Å². The molecular weight excluding hydrogens is 146 g/mol. The van der Waals surface area contributed by atoms with Crippen molar-refractivity contribution in [1.29, 1.82) is 0 Å². The summed E-state index contributed by atoms with van der Waals surface area (Å²) in [4.78, 5) is 14.0. The summed E-state index contributed by atoms with van der Waals surface area (Å²) >= 11 is 0. The summed E-state index contributed by atoms with van der Waals surface area (Å²) < 4.78 is 0. The third-order valence-electron chi connectivity index (χ3n) is 1.06. The maximum atomic E-state index is 10.1. The monoisotopic (exact) mass is 155 g/mol. The van der Waals surface area contributed by atoms with Crippen LogP contribution in [0.25, 0.3) is 0 Å². The van der Waals surface area contributed by atoms with E-state index < -0.39 is 5.97 Å². The van der Waals surface area contributed by atoms with Crippen LogP contribution in [-0.2, 0) is 11.2 Å². The SMILES string of the molecule is O.O=C(O)Cc1ccccn1. The molecule has 60 valence electrons. The first-order valence-electron chi connectivity index (χ1n) is 2.91. The highest BCUT2D eigenvalue weighted by Gasteiger charge is 1.98. The van der Waals surface area contributed by atoms with Crippen molar-refractivity contribution in [3.05, 3.63) is 30.1 Å². The van der Waals surface area contributed by atoms with Crippen molar-refractivity contribution in [2.75, 3.05) is 0 Å². The Hall–Kier alpha value is -1.42. The van der Waals surface area contributed by atoms with Gasteiger partial charge in [0.05, 0.1) is 12.1 Å². The average Bonchev–Trinajstić information content (AvgIpc) is 1.88. The highest BCUT2D eigenvalue weighted by atomic mass is 16.4. The second-order valence-electron chi connectivity index (χ2n) is 1.89. The minimum Gasteiger partial charge on any atom is -0.481 e. The third kappa shape index (κ3) is 3.32. The smallest absolute Gasteiger partial charge is 0.309 e. The maximum Gasteiger partial charge on any atom is 0.309 e. The van der Waals surface area contributed by atoms with Crippen molar-refractivity contribution in [3.8, 4) is 0 Å². The molecule has 0 spiro atoms. The fraction of sp³-hybridized carbons (Fsp3) is 0.143. The lowest BCUT2D eigenvalue weighted by Gasteiger charge is -1.91. The molecular formula is C7H9NO3. The summed E-state index contributed by atoms with van der Waals surface area (Å²) in [5.41, 5.74) is 0.593. The van der Waals surface area contributed by atoms with E-state index in [9.17, 15) is 4.79 Å². The zero-order valence-electron chi connectivity index (χ0n) is 5.82. The highest BCUT2D eigenvalue weighted by Crippen LogP contribution is 1.93. The molecule has 1 aromatic rings. The molecule has 0 aromatic carbocycles. The van der Waals surface area contributed by atoms with E-state index in [0.29, 0.717) is 5.69 Å². The Morgan fingerprint density at radius 1 is 1.55 bits per heavy atom. The molecule has 1 rings (SSSR count). The van der Waals surface area contributed by atoms with Crippen LogP contribution < -0.4 is 0 Å². The summed E-state index contributed by atoms with van der Waals surface area (Å²) in [6.07, 6.45) is 1.58. The van der Waals surface area contributed by atoms with Crippen LogP contribution in [0, 0.1) is 0 Å². The molecule has 0 bridgehead atoms. The predicted octanol–water partition coefficient (Wildman–Crippen LogP) is -0.116. The van der Waals surface area contributed by atoms with Crippen molar-refractivity contribution >= 4 is 5.97 Å². The number of aliphatic carboxylic acids is 1. The van der Waals surface area contributed by atoms with Gasteiger partial charge in [0.15, 0.2) is 0 Å². The molecule has 0 saturated heterocycles. The minimum atomic E-state index is -0.848. The Morgan fingerprint density at radius 3 is 2.73 bits per heavy atom. The highest BCUT2D eigenvalue weighted by molar-refractivity contribution is 5.69. The number of pyridine rings is 1. The van der Waals surface area contributed by atoms with Crippen LogP contribution >= 0.6 is 0 Å². The zero-order valence-corrected chi connectivity index (χ0v) is 5.82. The van der Waals surface area contributed by atoms with Gasteiger partial charge in [-0.25, -0.2) is 0 Å². The van der Waals surface area contributed by atoms with Crippen molar-refractivity contribution in [2.45, 2.75) is 6.42 Å². The number of rotatable bonds is 2. The van der Waals surface area contributed by atoms with Gasteiger partial charge in [-0.05, 0) is 12.1 Å². The molecule has 11 heavy (non-hydrogen) atoms. The first kappa shape index (κ1) is 9.58. The van der Waals surface area contributed by atoms with Crippen molar-refractivity contribution in [1.82, 2.24) is 4.98 Å². The normalized spacial score (nSPS) is 8.36. The molecule has 0 saturated carbocycles. The van der Waals surface area contributed by atoms with E-state index in [0.717, 1.165) is 0 Å². The molecule has 0 aliphatic heterocycles. The lowest BCUT2D eigenvalue weighted by molar-refractivity contribution is -0.136. The molecule has 4 nitrogen and oxygen atoms in total. The lowest BCUT2D eigenvalue weighted by atomic mass is 10.3. The summed E-state index contributed by atoms with van der Waals surface area (Å²) in [5, 5.41) is 8.33. The topological polar surface area (TPSA) is 81.7 Å². The quantitative estimate of drug-likeness (QED) is 0.646. The van der Waals surface area contributed by atoms with E-state index in [1.54, 1.807) is 24.4 Å². The first-order valence-corrected chi connectivity index (χ1v) is 2.91. The van der Waals surface area contributed by atoms with Gasteiger partial charge in [-0.3, -0.25) is 9.78 Å². The maximum absolute atomic E-state index is 10.1. The van der Waals surface area contributed by atoms with Crippen LogP contribution in [0.5, 0.6) is 0 Å². The Labute approximate surface area is 63.8 Å². The fourth-order valence-electron chi connectivity index (χ4n) is 0.658. The van der Waals surface area contributed by atoms with Crippen molar-refractivity contribution < 1.29 is 15.4 Å². The Morgan fingerprint density at radius 2 is 2.27 bits per heavy atom. The van der Waals surface area contributed by atoms with E-state index >= 15 is 0 Å². The van der Waals surface area contributed by atoms with Gasteiger partial charge in [0.25, 0.3) is 0 Å². The molecule has 0 aliphatic rings. The Balaban J connectivity index is 0.000001000. The second kappa shape index (κ2) is 4.40. The molecule has 0 unspecified atom stereocenters. The van der Waals surface area contributed by atoms with Crippen molar-refractivity contribution in [3.63, 3.8) is 0 Å². The number of carboxylic acid groups (broad SMARTS) is 1. The molecule has 0 amide bonds. The predicted molar refractivity (Wildman–Crippen MR) is 39.2 cm³/mol. The van der Waals surface area contributed by atoms with E-state index in [1.807, 2.05) is 0 Å². The number of aromatic nitrogens is 1. The largest absolute Gasteiger partial charge is 0.481 e. The van der Waals surface area contributed by atoms with Gasteiger partial charge in [0.1, 0.15) is 0 Å². The fourth-order valence-corrected chi connectivity index (χ4v) is 0.658. The number of carbonyl (C=O) groups is 1. The van der Waals surface area contributed by atoms with Gasteiger partial charge in [0, 0.05) is 6.20 Å². The zero-order chi connectivity index (χ0) is 7.40. The van der Waals surface area contributed by atoms with Crippen LogP contribution in [0.4, 0.5) is 0 Å². The summed E-state index contributed by atoms with van der Waals surface area (Å²) in [6, 6.07) is 5.21. The molecule has 0 radical (unpaired) electrons. The van der Waals surface area contributed by atoms with Crippen LogP contribution in [0.2, 0.25) is 0 Å². The summed E-state index contributed by atoms with van der Waals surface area (Å²) in [6.45, 7) is 0. The van der Waals surface area contributed by atoms with Gasteiger partial charge in [0.2, 0.25) is 0 Å². The standard InChI is InChI=1S/C7H7NO2.H2O/c9-7(10)5-6-3-1-2-4-8-6;/h1-4H,5H2,(H,9,10);1H2. The number of nitrogens with zero attached hydrogens (tertiary/aromatic N) is 1. The van der Waals surface area contributed by atoms with Crippen LogP contribution in [-0.4, -0.2) is 21.5 Å². The Bertz CT molecular complexity index is 222. The molecule has 4 heteroatoms. The number of hydrogen-bond acceptors (Lipinski definition) is 2. The third-order valence-corrected chi connectivity index (χ3v) is 1.06. The second-order valence-corrected chi connectivity index (χ2v) is 1.89. The van der Waals surface area contributed by atoms with Gasteiger partial charge in [-0.1, -0.05) is 6.07 Å². The molecule has 3 N–H and O–H groups in total. The average molecular weight is 155 g/mol. The Kier molecular flexibility index (Phi) is 3.84. The molecule has 0 aliphatic carbocycles. The first-order chi connectivity index (χ1) is 4.79. The van der Waals surface area contributed by atoms with Crippen molar-refractivity contribution in [2.24, 2.45) is 0 Å². The van der Waals surface area contributed by atoms with Gasteiger partial charge >= 0.3 is 5.97 Å². The molecule has 0 atom stereocenters. The molecule has 1 heterocycles. The van der Waals surface area contributed by atoms with Crippen LogP contribution in [0.15, 0.2) is 24.4 Å². The van der Waals surface area contributed by atoms with E-state index in [-0.39, 0.29) is 11.9 Å². The number of carboxylic acids is 1. The molecule has 0 fully saturated rings. The lowest BCUT2D eigenvalue weighted by Crippen LogP contribution is -2.01. The number of hydrogen-bond donors (Lipinski definition) is 1. The van der Waals surface area contributed by atoms with Crippen LogP contribution in [0.3, 0.4) is 0 Å². The van der Waals surface area contributed by atoms with E-state index in [1.165, 1.54) is 0 Å². The van der Waals surface area contributed by atoms with E-state index in [4.69, 9.17) is 5.11 Å². The molecule has 1 aromatic heterocycles. The van der Waals surface area contributed by atoms with Gasteiger partial charge in [-0.2, -0.15) is 0 Å². The minimum absolute atomic E-state index is 0. The van der Waals surface area contributed by atoms with Gasteiger partial charge < -0.3 is 10.6 Å². The summed E-state index contributed by atoms with van der Waals surface area (Å²) in [7, 11) is 0. The summed E-state index contributed by atoms with van der Waals surface area (Å²) in [5.74, 6) is -0.848. The van der Waals surface area contributed by atoms with Crippen LogP contribution in [0.1, 0.15) is 5.69 Å². The van der Waals surface area contributed by atoms with E-state index in [2.05, 4.69) is 4.98 Å².